The van der Waals surface area contributed by atoms with Gasteiger partial charge in [-0.3, -0.25) is 10.1 Å². The number of hydrogen-bond acceptors (Lipinski definition) is 3. The van der Waals surface area contributed by atoms with Gasteiger partial charge in [0, 0.05) is 22.7 Å². The lowest BCUT2D eigenvalue weighted by atomic mass is 9.98. The largest absolute Gasteiger partial charge is 0.278 e. The van der Waals surface area contributed by atoms with Crippen molar-refractivity contribution in [3.8, 4) is 28.5 Å². The zero-order valence-electron chi connectivity index (χ0n) is 12.2. The molecule has 0 amide bonds. The third-order valence-electron chi connectivity index (χ3n) is 3.82. The van der Waals surface area contributed by atoms with Crippen molar-refractivity contribution in [1.82, 2.24) is 15.2 Å². The summed E-state index contributed by atoms with van der Waals surface area (Å²) in [6.45, 7) is 0. The number of aromatic nitrogens is 3. The van der Waals surface area contributed by atoms with Crippen LogP contribution >= 0.6 is 0 Å². The maximum atomic E-state index is 9.11. The summed E-state index contributed by atoms with van der Waals surface area (Å²) < 4.78 is 0. The zero-order chi connectivity index (χ0) is 15.6. The Bertz CT molecular complexity index is 1040. The third kappa shape index (κ3) is 2.34. The fourth-order valence-corrected chi connectivity index (χ4v) is 2.71. The number of H-pyrrole nitrogens is 1. The van der Waals surface area contributed by atoms with Crippen molar-refractivity contribution in [2.75, 3.05) is 0 Å². The first-order chi connectivity index (χ1) is 11.3. The minimum atomic E-state index is 0.629. The van der Waals surface area contributed by atoms with Gasteiger partial charge in [0.1, 0.15) is 0 Å². The molecule has 0 spiro atoms. The molecule has 0 aliphatic rings. The number of aromatic amines is 1. The molecule has 0 saturated heterocycles. The van der Waals surface area contributed by atoms with Gasteiger partial charge in [-0.05, 0) is 35.9 Å². The number of rotatable bonds is 2. The fourth-order valence-electron chi connectivity index (χ4n) is 2.71. The molecule has 4 heteroatoms. The van der Waals surface area contributed by atoms with E-state index in [4.69, 9.17) is 5.26 Å². The van der Waals surface area contributed by atoms with Gasteiger partial charge in [-0.2, -0.15) is 10.4 Å². The molecule has 0 aliphatic heterocycles. The van der Waals surface area contributed by atoms with E-state index in [-0.39, 0.29) is 0 Å². The topological polar surface area (TPSA) is 65.4 Å². The number of hydrogen-bond donors (Lipinski definition) is 1. The number of nitrogens with one attached hydrogen (secondary N) is 1. The Morgan fingerprint density at radius 3 is 2.83 bits per heavy atom. The molecule has 0 saturated carbocycles. The summed E-state index contributed by atoms with van der Waals surface area (Å²) in [6, 6.07) is 19.8. The van der Waals surface area contributed by atoms with E-state index >= 15 is 0 Å². The summed E-state index contributed by atoms with van der Waals surface area (Å²) in [6.07, 6.45) is 3.58. The Balaban J connectivity index is 1.91. The smallest absolute Gasteiger partial charge is 0.0991 e. The van der Waals surface area contributed by atoms with Crippen LogP contribution in [-0.4, -0.2) is 15.2 Å². The predicted octanol–water partition coefficient (Wildman–Crippen LogP) is 4.16. The van der Waals surface area contributed by atoms with Crippen molar-refractivity contribution in [3.05, 3.63) is 72.6 Å². The average Bonchev–Trinajstić information content (AvgIpc) is 3.09. The first-order valence-electron chi connectivity index (χ1n) is 7.24. The van der Waals surface area contributed by atoms with E-state index in [0.717, 1.165) is 33.3 Å². The Morgan fingerprint density at radius 1 is 0.957 bits per heavy atom. The van der Waals surface area contributed by atoms with E-state index in [0.29, 0.717) is 5.56 Å². The molecule has 4 aromatic rings. The molecule has 0 bridgehead atoms. The highest BCUT2D eigenvalue weighted by atomic mass is 15.1. The standard InChI is InChI=1S/C19H12N4/c20-11-13-3-1-4-15(9-13)19-17(5-2-8-21-19)14-6-7-18-16(10-14)12-22-23-18/h1-10,12H,(H,22,23). The minimum Gasteiger partial charge on any atom is -0.278 e. The molecular formula is C19H12N4. The van der Waals surface area contributed by atoms with Gasteiger partial charge in [0.2, 0.25) is 0 Å². The van der Waals surface area contributed by atoms with Crippen LogP contribution in [0, 0.1) is 11.3 Å². The van der Waals surface area contributed by atoms with Crippen molar-refractivity contribution >= 4 is 10.9 Å². The maximum absolute atomic E-state index is 9.11. The van der Waals surface area contributed by atoms with Gasteiger partial charge in [0.05, 0.1) is 29.0 Å². The maximum Gasteiger partial charge on any atom is 0.0991 e. The Hall–Kier alpha value is -3.45. The Kier molecular flexibility index (Phi) is 3.10. The van der Waals surface area contributed by atoms with E-state index in [1.54, 1.807) is 12.3 Å². The van der Waals surface area contributed by atoms with Crippen molar-refractivity contribution < 1.29 is 0 Å². The van der Waals surface area contributed by atoms with Crippen LogP contribution < -0.4 is 0 Å². The van der Waals surface area contributed by atoms with Crippen LogP contribution in [0.5, 0.6) is 0 Å². The number of fused-ring (bicyclic) bond motifs is 1. The van der Waals surface area contributed by atoms with Crippen LogP contribution in [0.15, 0.2) is 67.0 Å². The molecule has 2 heterocycles. The number of benzene rings is 2. The SMILES string of the molecule is N#Cc1cccc(-c2ncccc2-c2ccc3[nH]ncc3c2)c1. The molecule has 23 heavy (non-hydrogen) atoms. The summed E-state index contributed by atoms with van der Waals surface area (Å²) in [5.74, 6) is 0. The van der Waals surface area contributed by atoms with E-state index < -0.39 is 0 Å². The molecule has 1 N–H and O–H groups in total. The van der Waals surface area contributed by atoms with Gasteiger partial charge in [-0.1, -0.05) is 24.3 Å². The number of pyridine rings is 1. The fraction of sp³-hybridized carbons (Fsp3) is 0. The predicted molar refractivity (Wildman–Crippen MR) is 89.5 cm³/mol. The third-order valence-corrected chi connectivity index (χ3v) is 3.82. The normalized spacial score (nSPS) is 10.6. The van der Waals surface area contributed by atoms with Crippen LogP contribution in [0.2, 0.25) is 0 Å². The van der Waals surface area contributed by atoms with E-state index in [9.17, 15) is 0 Å². The molecule has 108 valence electrons. The summed E-state index contributed by atoms with van der Waals surface area (Å²) in [7, 11) is 0. The lowest BCUT2D eigenvalue weighted by molar-refractivity contribution is 1.12. The first-order valence-corrected chi connectivity index (χ1v) is 7.24. The summed E-state index contributed by atoms with van der Waals surface area (Å²) in [5.41, 5.74) is 5.55. The van der Waals surface area contributed by atoms with Gasteiger partial charge in [0.15, 0.2) is 0 Å². The minimum absolute atomic E-state index is 0.629. The van der Waals surface area contributed by atoms with Crippen LogP contribution in [0.4, 0.5) is 0 Å². The van der Waals surface area contributed by atoms with E-state index in [1.807, 2.05) is 42.6 Å². The van der Waals surface area contributed by atoms with Crippen LogP contribution in [0.25, 0.3) is 33.3 Å². The molecule has 2 aromatic heterocycles. The molecule has 0 unspecified atom stereocenters. The molecule has 2 aromatic carbocycles. The highest BCUT2D eigenvalue weighted by Crippen LogP contribution is 2.31. The first kappa shape index (κ1) is 13.2. The molecular weight excluding hydrogens is 284 g/mol. The molecule has 0 aliphatic carbocycles. The monoisotopic (exact) mass is 296 g/mol. The Labute approximate surface area is 133 Å². The van der Waals surface area contributed by atoms with E-state index in [1.165, 1.54) is 0 Å². The van der Waals surface area contributed by atoms with Gasteiger partial charge in [-0.15, -0.1) is 0 Å². The molecule has 0 radical (unpaired) electrons. The highest BCUT2D eigenvalue weighted by Gasteiger charge is 2.10. The van der Waals surface area contributed by atoms with Gasteiger partial charge < -0.3 is 0 Å². The van der Waals surface area contributed by atoms with Crippen molar-refractivity contribution in [2.45, 2.75) is 0 Å². The van der Waals surface area contributed by atoms with Crippen molar-refractivity contribution in [3.63, 3.8) is 0 Å². The van der Waals surface area contributed by atoms with E-state index in [2.05, 4.69) is 33.4 Å². The summed E-state index contributed by atoms with van der Waals surface area (Å²) in [5, 5.41) is 17.2. The molecule has 4 rings (SSSR count). The average molecular weight is 296 g/mol. The summed E-state index contributed by atoms with van der Waals surface area (Å²) in [4.78, 5) is 4.54. The second kappa shape index (κ2) is 5.39. The lowest BCUT2D eigenvalue weighted by Gasteiger charge is -2.09. The second-order valence-corrected chi connectivity index (χ2v) is 5.26. The number of nitriles is 1. The van der Waals surface area contributed by atoms with Crippen LogP contribution in [-0.2, 0) is 0 Å². The molecule has 4 nitrogen and oxygen atoms in total. The molecule has 0 atom stereocenters. The highest BCUT2D eigenvalue weighted by molar-refractivity contribution is 5.88. The lowest BCUT2D eigenvalue weighted by Crippen LogP contribution is -1.89. The quantitative estimate of drug-likeness (QED) is 0.604. The van der Waals surface area contributed by atoms with Gasteiger partial charge in [-0.25, -0.2) is 0 Å². The zero-order valence-corrected chi connectivity index (χ0v) is 12.2. The van der Waals surface area contributed by atoms with Gasteiger partial charge >= 0.3 is 0 Å². The Morgan fingerprint density at radius 2 is 1.91 bits per heavy atom. The van der Waals surface area contributed by atoms with Crippen molar-refractivity contribution in [2.24, 2.45) is 0 Å². The van der Waals surface area contributed by atoms with Crippen LogP contribution in [0.3, 0.4) is 0 Å². The number of nitrogens with zero attached hydrogens (tertiary/aromatic N) is 3. The van der Waals surface area contributed by atoms with Crippen LogP contribution in [0.1, 0.15) is 5.56 Å². The molecule has 0 fully saturated rings. The van der Waals surface area contributed by atoms with Crippen molar-refractivity contribution in [1.29, 1.82) is 5.26 Å². The van der Waals surface area contributed by atoms with Gasteiger partial charge in [0.25, 0.3) is 0 Å². The second-order valence-electron chi connectivity index (χ2n) is 5.26. The summed E-state index contributed by atoms with van der Waals surface area (Å²) >= 11 is 0.